The van der Waals surface area contributed by atoms with E-state index in [2.05, 4.69) is 4.90 Å². The van der Waals surface area contributed by atoms with Crippen LogP contribution in [0.5, 0.6) is 11.5 Å². The number of aromatic hydroxyl groups is 1. The van der Waals surface area contributed by atoms with Gasteiger partial charge in [0, 0.05) is 40.3 Å². The number of hydrogen-bond donors (Lipinski definition) is 1. The van der Waals surface area contributed by atoms with Gasteiger partial charge in [0.05, 0.1) is 0 Å². The molecule has 0 amide bonds. The second-order valence-electron chi connectivity index (χ2n) is 8.47. The fraction of sp³-hybridized carbons (Fsp3) is 0.250. The van der Waals surface area contributed by atoms with Crippen LogP contribution < -0.4 is 4.74 Å². The monoisotopic (exact) mass is 477 g/mol. The number of ether oxygens (including phenoxy) is 1. The first kappa shape index (κ1) is 23.9. The van der Waals surface area contributed by atoms with Crippen LogP contribution in [-0.2, 0) is 0 Å². The normalized spacial score (nSPS) is 14.0. The lowest BCUT2D eigenvalue weighted by Gasteiger charge is -2.26. The van der Waals surface area contributed by atoms with E-state index >= 15 is 0 Å². The first-order valence-corrected chi connectivity index (χ1v) is 11.5. The van der Waals surface area contributed by atoms with E-state index in [4.69, 9.17) is 9.15 Å². The molecule has 176 valence electrons. The number of halogens is 1. The molecule has 0 saturated carbocycles. The molecule has 3 aromatic carbocycles. The minimum atomic E-state index is 0. The number of nitrogens with zero attached hydrogens (tertiary/aromatic N) is 1. The van der Waals surface area contributed by atoms with Crippen molar-refractivity contribution in [3.8, 4) is 33.9 Å². The molecule has 2 heterocycles. The van der Waals surface area contributed by atoms with Crippen LogP contribution >= 0.6 is 12.4 Å². The van der Waals surface area contributed by atoms with Gasteiger partial charge in [0.1, 0.15) is 29.4 Å². The van der Waals surface area contributed by atoms with E-state index in [1.807, 2.05) is 48.5 Å². The van der Waals surface area contributed by atoms with Crippen LogP contribution in [0.3, 0.4) is 0 Å². The van der Waals surface area contributed by atoms with Gasteiger partial charge in [0.15, 0.2) is 6.29 Å². The average molecular weight is 478 g/mol. The Morgan fingerprint density at radius 1 is 0.971 bits per heavy atom. The first-order valence-electron chi connectivity index (χ1n) is 11.5. The number of hydrogen-bond acceptors (Lipinski definition) is 5. The van der Waals surface area contributed by atoms with Gasteiger partial charge in [-0.05, 0) is 56.3 Å². The Balaban J connectivity index is 0.00000274. The summed E-state index contributed by atoms with van der Waals surface area (Å²) >= 11 is 0. The average Bonchev–Trinajstić information content (AvgIpc) is 3.23. The van der Waals surface area contributed by atoms with Crippen molar-refractivity contribution in [1.29, 1.82) is 0 Å². The fourth-order valence-electron chi connectivity index (χ4n) is 4.57. The molecule has 34 heavy (non-hydrogen) atoms. The SMILES string of the molecule is Cl.O=Cc1ccc(OCCN2CCCCC2)cc1-c1c(-c2ccccc2)oc2cc(O)ccc12. The summed E-state index contributed by atoms with van der Waals surface area (Å²) in [5, 5.41) is 10.8. The number of likely N-dealkylation sites (tertiary alicyclic amines) is 1. The molecule has 0 atom stereocenters. The molecule has 0 bridgehead atoms. The van der Waals surface area contributed by atoms with Gasteiger partial charge in [-0.15, -0.1) is 12.4 Å². The van der Waals surface area contributed by atoms with Crippen molar-refractivity contribution in [3.05, 3.63) is 72.3 Å². The van der Waals surface area contributed by atoms with Gasteiger partial charge in [-0.25, -0.2) is 0 Å². The van der Waals surface area contributed by atoms with Gasteiger partial charge in [0.25, 0.3) is 0 Å². The van der Waals surface area contributed by atoms with E-state index in [1.54, 1.807) is 18.2 Å². The molecule has 0 unspecified atom stereocenters. The Morgan fingerprint density at radius 3 is 2.53 bits per heavy atom. The first-order chi connectivity index (χ1) is 16.2. The topological polar surface area (TPSA) is 62.9 Å². The number of aldehydes is 1. The smallest absolute Gasteiger partial charge is 0.150 e. The van der Waals surface area contributed by atoms with Gasteiger partial charge >= 0.3 is 0 Å². The molecule has 0 radical (unpaired) electrons. The van der Waals surface area contributed by atoms with Crippen LogP contribution in [0.4, 0.5) is 0 Å². The second kappa shape index (κ2) is 10.8. The minimum absolute atomic E-state index is 0. The van der Waals surface area contributed by atoms with Crippen LogP contribution in [-0.4, -0.2) is 42.5 Å². The number of phenolic OH excluding ortho intramolecular Hbond substituents is 1. The molecule has 6 heteroatoms. The zero-order chi connectivity index (χ0) is 22.6. The summed E-state index contributed by atoms with van der Waals surface area (Å²) in [6, 6.07) is 20.4. The summed E-state index contributed by atoms with van der Waals surface area (Å²) in [5.41, 5.74) is 3.60. The Bertz CT molecular complexity index is 1260. The van der Waals surface area contributed by atoms with Gasteiger partial charge in [-0.3, -0.25) is 9.69 Å². The summed E-state index contributed by atoms with van der Waals surface area (Å²) in [6.07, 6.45) is 4.68. The molecule has 1 N–H and O–H groups in total. The number of phenols is 1. The fourth-order valence-corrected chi connectivity index (χ4v) is 4.57. The number of rotatable bonds is 7. The predicted octanol–water partition coefficient (Wildman–Crippen LogP) is 6.57. The maximum absolute atomic E-state index is 12.0. The van der Waals surface area contributed by atoms with Gasteiger partial charge in [0.2, 0.25) is 0 Å². The quantitative estimate of drug-likeness (QED) is 0.305. The Labute approximate surface area is 205 Å². The third-order valence-corrected chi connectivity index (χ3v) is 6.26. The largest absolute Gasteiger partial charge is 0.508 e. The zero-order valence-electron chi connectivity index (χ0n) is 18.9. The molecule has 5 nitrogen and oxygen atoms in total. The van der Waals surface area contributed by atoms with Crippen molar-refractivity contribution in [1.82, 2.24) is 4.90 Å². The third kappa shape index (κ3) is 4.96. The van der Waals surface area contributed by atoms with Crippen LogP contribution in [0.25, 0.3) is 33.4 Å². The molecule has 1 aliphatic rings. The molecule has 1 saturated heterocycles. The number of carbonyl (C=O) groups excluding carboxylic acids is 1. The van der Waals surface area contributed by atoms with Crippen molar-refractivity contribution >= 4 is 29.7 Å². The highest BCUT2D eigenvalue weighted by atomic mass is 35.5. The Morgan fingerprint density at radius 2 is 1.76 bits per heavy atom. The summed E-state index contributed by atoms with van der Waals surface area (Å²) in [6.45, 7) is 3.76. The van der Waals surface area contributed by atoms with Gasteiger partial charge in [-0.2, -0.15) is 0 Å². The lowest BCUT2D eigenvalue weighted by molar-refractivity contribution is 0.112. The van der Waals surface area contributed by atoms with Crippen molar-refractivity contribution < 1.29 is 19.1 Å². The lowest BCUT2D eigenvalue weighted by Crippen LogP contribution is -2.33. The molecule has 1 aliphatic heterocycles. The van der Waals surface area contributed by atoms with Crippen LogP contribution in [0.1, 0.15) is 29.6 Å². The lowest BCUT2D eigenvalue weighted by atomic mass is 9.95. The number of piperidine rings is 1. The van der Waals surface area contributed by atoms with E-state index in [1.165, 1.54) is 19.3 Å². The molecule has 1 fully saturated rings. The van der Waals surface area contributed by atoms with Crippen LogP contribution in [0, 0.1) is 0 Å². The van der Waals surface area contributed by atoms with Crippen molar-refractivity contribution in [2.45, 2.75) is 19.3 Å². The van der Waals surface area contributed by atoms with Gasteiger partial charge in [-0.1, -0.05) is 36.8 Å². The molecule has 4 aromatic rings. The molecule has 5 rings (SSSR count). The third-order valence-electron chi connectivity index (χ3n) is 6.26. The predicted molar refractivity (Wildman–Crippen MR) is 137 cm³/mol. The summed E-state index contributed by atoms with van der Waals surface area (Å²) in [4.78, 5) is 14.4. The highest BCUT2D eigenvalue weighted by molar-refractivity contribution is 6.05. The Kier molecular flexibility index (Phi) is 7.56. The van der Waals surface area contributed by atoms with Crippen molar-refractivity contribution in [2.24, 2.45) is 0 Å². The Hall–Kier alpha value is -3.28. The number of fused-ring (bicyclic) bond motifs is 1. The van der Waals surface area contributed by atoms with E-state index < -0.39 is 0 Å². The van der Waals surface area contributed by atoms with E-state index in [-0.39, 0.29) is 18.2 Å². The molecule has 1 aromatic heterocycles. The molecular formula is C28H28ClNO4. The maximum Gasteiger partial charge on any atom is 0.150 e. The van der Waals surface area contributed by atoms with E-state index in [0.717, 1.165) is 53.7 Å². The highest BCUT2D eigenvalue weighted by Crippen LogP contribution is 2.43. The molecule has 0 spiro atoms. The highest BCUT2D eigenvalue weighted by Gasteiger charge is 2.21. The van der Waals surface area contributed by atoms with E-state index in [0.29, 0.717) is 23.5 Å². The van der Waals surface area contributed by atoms with Crippen LogP contribution in [0.2, 0.25) is 0 Å². The van der Waals surface area contributed by atoms with Crippen molar-refractivity contribution in [2.75, 3.05) is 26.2 Å². The summed E-state index contributed by atoms with van der Waals surface area (Å²) < 4.78 is 12.3. The number of furan rings is 1. The van der Waals surface area contributed by atoms with Crippen LogP contribution in [0.15, 0.2) is 71.1 Å². The number of benzene rings is 3. The second-order valence-corrected chi connectivity index (χ2v) is 8.47. The maximum atomic E-state index is 12.0. The van der Waals surface area contributed by atoms with Gasteiger partial charge < -0.3 is 14.3 Å². The summed E-state index contributed by atoms with van der Waals surface area (Å²) in [5.74, 6) is 1.51. The zero-order valence-corrected chi connectivity index (χ0v) is 19.7. The molecular weight excluding hydrogens is 450 g/mol. The molecule has 0 aliphatic carbocycles. The number of carbonyl (C=O) groups is 1. The van der Waals surface area contributed by atoms with E-state index in [9.17, 15) is 9.90 Å². The summed E-state index contributed by atoms with van der Waals surface area (Å²) in [7, 11) is 0. The minimum Gasteiger partial charge on any atom is -0.508 e. The standard InChI is InChI=1S/C28H27NO4.ClH/c30-19-21-9-11-23(32-16-15-29-13-5-2-6-14-29)18-25(21)27-24-12-10-22(31)17-26(24)33-28(27)20-7-3-1-4-8-20;/h1,3-4,7-12,17-19,31H,2,5-6,13-16H2;1H. The van der Waals surface area contributed by atoms with Crippen molar-refractivity contribution in [3.63, 3.8) is 0 Å².